The van der Waals surface area contributed by atoms with Crippen molar-refractivity contribution >= 4 is 22.0 Å². The number of sulfonamides is 1. The number of carbonyl (C=O) groups excluding carboxylic acids is 1. The van der Waals surface area contributed by atoms with E-state index in [1.165, 1.54) is 21.1 Å². The molecule has 1 atom stereocenters. The molecule has 0 rings (SSSR count). The molecule has 0 bridgehead atoms. The number of hydrogen-bond acceptors (Lipinski definition) is 5. The molecular formula is C11H21NO6S. The normalized spacial score (nSPS) is 13.3. The molecule has 7 nitrogen and oxygen atoms in total. The molecule has 1 N–H and O–H groups in total. The molecule has 0 aromatic rings. The van der Waals surface area contributed by atoms with Crippen LogP contribution in [0.15, 0.2) is 0 Å². The van der Waals surface area contributed by atoms with Crippen LogP contribution in [-0.4, -0.2) is 55.7 Å². The van der Waals surface area contributed by atoms with Crippen molar-refractivity contribution in [2.24, 2.45) is 0 Å². The molecule has 0 aromatic heterocycles. The van der Waals surface area contributed by atoms with E-state index in [4.69, 9.17) is 5.11 Å². The van der Waals surface area contributed by atoms with Crippen LogP contribution < -0.4 is 0 Å². The fourth-order valence-electron chi connectivity index (χ4n) is 1.37. The van der Waals surface area contributed by atoms with Crippen LogP contribution in [0.5, 0.6) is 0 Å². The average Bonchev–Trinajstić information content (AvgIpc) is 2.35. The Balaban J connectivity index is 4.11. The highest BCUT2D eigenvalue weighted by Gasteiger charge is 2.27. The quantitative estimate of drug-likeness (QED) is 0.489. The molecule has 0 radical (unpaired) electrons. The fraction of sp³-hybridized carbons (Fsp3) is 0.818. The largest absolute Gasteiger partial charge is 0.480 e. The number of ether oxygens (including phenoxy) is 1. The van der Waals surface area contributed by atoms with Gasteiger partial charge in [-0.1, -0.05) is 6.42 Å². The highest BCUT2D eigenvalue weighted by atomic mass is 32.2. The van der Waals surface area contributed by atoms with Crippen LogP contribution in [0, 0.1) is 0 Å². The van der Waals surface area contributed by atoms with Gasteiger partial charge in [0.15, 0.2) is 0 Å². The van der Waals surface area contributed by atoms with Crippen molar-refractivity contribution < 1.29 is 27.9 Å². The number of esters is 1. The number of carboxylic acids is 1. The second-order valence-electron chi connectivity index (χ2n) is 4.23. The first kappa shape index (κ1) is 17.8. The van der Waals surface area contributed by atoms with Crippen LogP contribution in [0.4, 0.5) is 0 Å². The van der Waals surface area contributed by atoms with Gasteiger partial charge < -0.3 is 9.84 Å². The number of aliphatic carboxylic acids is 1. The summed E-state index contributed by atoms with van der Waals surface area (Å²) in [6, 6.07) is -1.08. The molecule has 112 valence electrons. The molecule has 0 spiro atoms. The van der Waals surface area contributed by atoms with E-state index >= 15 is 0 Å². The smallest absolute Gasteiger partial charge is 0.321 e. The Kier molecular flexibility index (Phi) is 7.62. The predicted octanol–water partition coefficient (Wildman–Crippen LogP) is 0.454. The Bertz CT molecular complexity index is 405. The van der Waals surface area contributed by atoms with Crippen molar-refractivity contribution in [2.75, 3.05) is 19.9 Å². The monoisotopic (exact) mass is 295 g/mol. The predicted molar refractivity (Wildman–Crippen MR) is 69.1 cm³/mol. The summed E-state index contributed by atoms with van der Waals surface area (Å²) in [6.07, 6.45) is 1.78. The maximum Gasteiger partial charge on any atom is 0.321 e. The molecule has 0 heterocycles. The van der Waals surface area contributed by atoms with Gasteiger partial charge in [0.1, 0.15) is 6.04 Å². The lowest BCUT2D eigenvalue weighted by atomic mass is 10.2. The SMILES string of the molecule is COC(=O)CCCCCS(=O)(=O)N(C)C(C)C(=O)O. The van der Waals surface area contributed by atoms with E-state index in [1.54, 1.807) is 0 Å². The zero-order valence-electron chi connectivity index (χ0n) is 11.5. The van der Waals surface area contributed by atoms with Gasteiger partial charge in [-0.15, -0.1) is 0 Å². The summed E-state index contributed by atoms with van der Waals surface area (Å²) in [7, 11) is -1.02. The van der Waals surface area contributed by atoms with Crippen molar-refractivity contribution in [2.45, 2.75) is 38.6 Å². The van der Waals surface area contributed by atoms with Gasteiger partial charge in [-0.3, -0.25) is 9.59 Å². The maximum atomic E-state index is 11.8. The van der Waals surface area contributed by atoms with Crippen LogP contribution in [0.25, 0.3) is 0 Å². The molecule has 0 aromatic carbocycles. The van der Waals surface area contributed by atoms with E-state index in [-0.39, 0.29) is 18.1 Å². The summed E-state index contributed by atoms with van der Waals surface area (Å²) >= 11 is 0. The van der Waals surface area contributed by atoms with Crippen LogP contribution in [0.1, 0.15) is 32.6 Å². The van der Waals surface area contributed by atoms with Gasteiger partial charge in [-0.05, 0) is 19.8 Å². The standard InChI is InChI=1S/C11H21NO6S/c1-9(11(14)15)12(2)19(16,17)8-6-4-5-7-10(13)18-3/h9H,4-8H2,1-3H3,(H,14,15). The lowest BCUT2D eigenvalue weighted by Crippen LogP contribution is -2.41. The molecule has 0 aliphatic rings. The summed E-state index contributed by atoms with van der Waals surface area (Å²) in [6.45, 7) is 1.32. The van der Waals surface area contributed by atoms with Gasteiger partial charge in [0, 0.05) is 13.5 Å². The van der Waals surface area contributed by atoms with Crippen LogP contribution in [0.3, 0.4) is 0 Å². The first-order chi connectivity index (χ1) is 8.72. The number of unbranched alkanes of at least 4 members (excludes halogenated alkanes) is 2. The van der Waals surface area contributed by atoms with Crippen molar-refractivity contribution in [3.05, 3.63) is 0 Å². The minimum Gasteiger partial charge on any atom is -0.480 e. The topological polar surface area (TPSA) is 101 Å². The van der Waals surface area contributed by atoms with E-state index in [0.717, 1.165) is 4.31 Å². The zero-order valence-corrected chi connectivity index (χ0v) is 12.3. The highest BCUT2D eigenvalue weighted by Crippen LogP contribution is 2.09. The minimum atomic E-state index is -3.57. The molecular weight excluding hydrogens is 274 g/mol. The first-order valence-corrected chi connectivity index (χ1v) is 7.58. The van der Waals surface area contributed by atoms with Crippen LogP contribution in [-0.2, 0) is 24.3 Å². The number of carboxylic acid groups (broad SMARTS) is 1. The molecule has 0 aliphatic heterocycles. The minimum absolute atomic E-state index is 0.123. The number of carbonyl (C=O) groups is 2. The Morgan fingerprint density at radius 3 is 2.32 bits per heavy atom. The van der Waals surface area contributed by atoms with Crippen molar-refractivity contribution in [1.29, 1.82) is 0 Å². The lowest BCUT2D eigenvalue weighted by Gasteiger charge is -2.20. The van der Waals surface area contributed by atoms with Crippen molar-refractivity contribution in [3.63, 3.8) is 0 Å². The summed E-state index contributed by atoms with van der Waals surface area (Å²) < 4.78 is 28.9. The molecule has 1 unspecified atom stereocenters. The number of rotatable bonds is 9. The Hall–Kier alpha value is -1.15. The van der Waals surface area contributed by atoms with Gasteiger partial charge in [-0.25, -0.2) is 8.42 Å². The number of likely N-dealkylation sites (N-methyl/N-ethyl adjacent to an activating group) is 1. The Labute approximate surface area is 113 Å². The van der Waals surface area contributed by atoms with E-state index < -0.39 is 22.0 Å². The average molecular weight is 295 g/mol. The molecule has 0 saturated heterocycles. The second kappa shape index (κ2) is 8.11. The molecule has 8 heteroatoms. The Morgan fingerprint density at radius 2 is 1.84 bits per heavy atom. The summed E-state index contributed by atoms with van der Waals surface area (Å²) in [5.41, 5.74) is 0. The van der Waals surface area contributed by atoms with Crippen molar-refractivity contribution in [3.8, 4) is 0 Å². The second-order valence-corrected chi connectivity index (χ2v) is 6.38. The molecule has 0 amide bonds. The molecule has 19 heavy (non-hydrogen) atoms. The highest BCUT2D eigenvalue weighted by molar-refractivity contribution is 7.89. The third kappa shape index (κ3) is 6.53. The van der Waals surface area contributed by atoms with Gasteiger partial charge in [0.2, 0.25) is 10.0 Å². The first-order valence-electron chi connectivity index (χ1n) is 5.97. The third-order valence-electron chi connectivity index (χ3n) is 2.85. The van der Waals surface area contributed by atoms with E-state index in [2.05, 4.69) is 4.74 Å². The summed E-state index contributed by atoms with van der Waals surface area (Å²) in [5, 5.41) is 8.76. The third-order valence-corrected chi connectivity index (χ3v) is 4.85. The Morgan fingerprint density at radius 1 is 1.26 bits per heavy atom. The van der Waals surface area contributed by atoms with Gasteiger partial charge >= 0.3 is 11.9 Å². The molecule has 0 aliphatic carbocycles. The van der Waals surface area contributed by atoms with Crippen LogP contribution >= 0.6 is 0 Å². The maximum absolute atomic E-state index is 11.8. The van der Waals surface area contributed by atoms with Gasteiger partial charge in [0.05, 0.1) is 12.9 Å². The number of methoxy groups -OCH3 is 1. The van der Waals surface area contributed by atoms with E-state index in [0.29, 0.717) is 19.3 Å². The summed E-state index contributed by atoms with van der Waals surface area (Å²) in [5.74, 6) is -1.63. The van der Waals surface area contributed by atoms with E-state index in [9.17, 15) is 18.0 Å². The van der Waals surface area contributed by atoms with Crippen molar-refractivity contribution in [1.82, 2.24) is 4.31 Å². The number of nitrogens with zero attached hydrogens (tertiary/aromatic N) is 1. The zero-order chi connectivity index (χ0) is 15.1. The lowest BCUT2D eigenvalue weighted by molar-refractivity contribution is -0.141. The molecule has 0 fully saturated rings. The fourth-order valence-corrected chi connectivity index (χ4v) is 2.80. The molecule has 0 saturated carbocycles. The summed E-state index contributed by atoms with van der Waals surface area (Å²) in [4.78, 5) is 21.5. The van der Waals surface area contributed by atoms with Crippen LogP contribution in [0.2, 0.25) is 0 Å². The van der Waals surface area contributed by atoms with Gasteiger partial charge in [0.25, 0.3) is 0 Å². The number of hydrogen-bond donors (Lipinski definition) is 1. The van der Waals surface area contributed by atoms with Gasteiger partial charge in [-0.2, -0.15) is 4.31 Å². The van der Waals surface area contributed by atoms with E-state index in [1.807, 2.05) is 0 Å².